The minimum atomic E-state index is -1.00. The van der Waals surface area contributed by atoms with E-state index in [1.54, 1.807) is 0 Å². The third-order valence-corrected chi connectivity index (χ3v) is 1.56. The summed E-state index contributed by atoms with van der Waals surface area (Å²) in [6, 6.07) is 0. The number of rotatable bonds is 6. The number of ether oxygens (including phenoxy) is 1. The molecule has 72 valence electrons. The molecule has 0 fully saturated rings. The van der Waals surface area contributed by atoms with E-state index in [1.165, 1.54) is 0 Å². The maximum Gasteiger partial charge on any atom is 0.306 e. The molecule has 5 heteroatoms. The molecular weight excluding hydrogens is 171 g/mol. The number of esters is 1. The lowest BCUT2D eigenvalue weighted by atomic mass is 9.98. The summed E-state index contributed by atoms with van der Waals surface area (Å²) in [5.41, 5.74) is 0. The van der Waals surface area contributed by atoms with Crippen molar-refractivity contribution in [3.05, 3.63) is 0 Å². The van der Waals surface area contributed by atoms with Crippen LogP contribution in [0.2, 0.25) is 6.32 Å². The van der Waals surface area contributed by atoms with Gasteiger partial charge in [0.2, 0.25) is 0 Å². The molecule has 4 nitrogen and oxygen atoms in total. The highest BCUT2D eigenvalue weighted by Crippen LogP contribution is 2.04. The summed E-state index contributed by atoms with van der Waals surface area (Å²) in [6.07, 6.45) is 0.345. The zero-order valence-electron chi connectivity index (χ0n) is 7.66. The Morgan fingerprint density at radius 3 is 2.46 bits per heavy atom. The van der Waals surface area contributed by atoms with Gasteiger partial charge in [-0.15, -0.1) is 0 Å². The van der Waals surface area contributed by atoms with Gasteiger partial charge in [-0.05, 0) is 6.42 Å². The van der Waals surface area contributed by atoms with E-state index in [0.717, 1.165) is 0 Å². The third-order valence-electron chi connectivity index (χ3n) is 1.56. The first-order valence-electron chi connectivity index (χ1n) is 4.21. The summed E-state index contributed by atoms with van der Waals surface area (Å²) < 4.78 is 4.87. The van der Waals surface area contributed by atoms with Gasteiger partial charge in [0.15, 0.2) is 0 Å². The summed E-state index contributed by atoms with van der Waals surface area (Å²) in [4.78, 5) is 21.0. The predicted molar refractivity (Wildman–Crippen MR) is 47.6 cm³/mol. The number of hydrogen-bond donors (Lipinski definition) is 1. The zero-order valence-corrected chi connectivity index (χ0v) is 7.66. The molecule has 1 unspecified atom stereocenters. The molecule has 0 spiro atoms. The fourth-order valence-corrected chi connectivity index (χ4v) is 0.752. The second-order valence-corrected chi connectivity index (χ2v) is 2.65. The van der Waals surface area contributed by atoms with Crippen molar-refractivity contribution in [1.82, 2.24) is 0 Å². The van der Waals surface area contributed by atoms with Gasteiger partial charge in [0, 0.05) is 0 Å². The van der Waals surface area contributed by atoms with Crippen molar-refractivity contribution in [3.63, 3.8) is 0 Å². The van der Waals surface area contributed by atoms with Crippen LogP contribution in [0.15, 0.2) is 0 Å². The van der Waals surface area contributed by atoms with E-state index in [0.29, 0.717) is 6.42 Å². The standard InChI is InChI=1S/C8H13BO4/c1-2-6(5-9)13-8(12)4-3-7(10)11/h6H,2-5H2,1H3,(H,10,11). The molecule has 0 aliphatic carbocycles. The van der Waals surface area contributed by atoms with Gasteiger partial charge in [-0.3, -0.25) is 9.59 Å². The van der Waals surface area contributed by atoms with Crippen molar-refractivity contribution >= 4 is 19.8 Å². The molecular formula is C8H13BO4. The smallest absolute Gasteiger partial charge is 0.306 e. The van der Waals surface area contributed by atoms with Crippen LogP contribution >= 0.6 is 0 Å². The molecule has 0 rings (SSSR count). The van der Waals surface area contributed by atoms with Gasteiger partial charge < -0.3 is 9.84 Å². The molecule has 13 heavy (non-hydrogen) atoms. The van der Waals surface area contributed by atoms with Crippen LogP contribution in [0.4, 0.5) is 0 Å². The SMILES string of the molecule is [B]CC(CC)OC(=O)CCC(=O)O. The number of carboxylic acid groups (broad SMARTS) is 1. The molecule has 0 saturated heterocycles. The maximum absolute atomic E-state index is 10.9. The molecule has 0 amide bonds. The number of carboxylic acids is 1. The van der Waals surface area contributed by atoms with E-state index in [1.807, 2.05) is 6.92 Å². The molecule has 0 aromatic rings. The number of hydrogen-bond acceptors (Lipinski definition) is 3. The minimum absolute atomic E-state index is 0.0914. The average molecular weight is 184 g/mol. The lowest BCUT2D eigenvalue weighted by Crippen LogP contribution is -2.17. The van der Waals surface area contributed by atoms with Crippen molar-refractivity contribution in [1.29, 1.82) is 0 Å². The van der Waals surface area contributed by atoms with Crippen molar-refractivity contribution in [2.45, 2.75) is 38.6 Å². The van der Waals surface area contributed by atoms with E-state index in [-0.39, 0.29) is 25.3 Å². The molecule has 0 bridgehead atoms. The van der Waals surface area contributed by atoms with Crippen LogP contribution in [0, 0.1) is 0 Å². The molecule has 0 aromatic heterocycles. The second kappa shape index (κ2) is 6.51. The topological polar surface area (TPSA) is 63.6 Å². The van der Waals surface area contributed by atoms with Gasteiger partial charge in [0.25, 0.3) is 0 Å². The third kappa shape index (κ3) is 6.19. The van der Waals surface area contributed by atoms with Crippen LogP contribution < -0.4 is 0 Å². The van der Waals surface area contributed by atoms with Crippen molar-refractivity contribution < 1.29 is 19.4 Å². The maximum atomic E-state index is 10.9. The minimum Gasteiger partial charge on any atom is -0.481 e. The lowest BCUT2D eigenvalue weighted by Gasteiger charge is -2.13. The van der Waals surface area contributed by atoms with E-state index >= 15 is 0 Å². The molecule has 0 aromatic carbocycles. The first kappa shape index (κ1) is 12.0. The lowest BCUT2D eigenvalue weighted by molar-refractivity contribution is -0.151. The largest absolute Gasteiger partial charge is 0.481 e. The Morgan fingerprint density at radius 2 is 2.08 bits per heavy atom. The van der Waals surface area contributed by atoms with Gasteiger partial charge in [-0.2, -0.15) is 0 Å². The average Bonchev–Trinajstić information content (AvgIpc) is 2.10. The van der Waals surface area contributed by atoms with E-state index in [9.17, 15) is 9.59 Å². The number of aliphatic carboxylic acids is 1. The van der Waals surface area contributed by atoms with Crippen molar-refractivity contribution in [2.75, 3.05) is 0 Å². The van der Waals surface area contributed by atoms with Gasteiger partial charge in [0.05, 0.1) is 26.8 Å². The van der Waals surface area contributed by atoms with Crippen LogP contribution in [-0.2, 0) is 14.3 Å². The summed E-state index contributed by atoms with van der Waals surface area (Å²) in [5, 5.41) is 8.28. The van der Waals surface area contributed by atoms with E-state index in [4.69, 9.17) is 17.7 Å². The fraction of sp³-hybridized carbons (Fsp3) is 0.750. The van der Waals surface area contributed by atoms with Crippen LogP contribution in [0.3, 0.4) is 0 Å². The Bertz CT molecular complexity index is 177. The Morgan fingerprint density at radius 1 is 1.46 bits per heavy atom. The Kier molecular flexibility index (Phi) is 6.01. The van der Waals surface area contributed by atoms with Crippen LogP contribution in [0.1, 0.15) is 26.2 Å². The second-order valence-electron chi connectivity index (χ2n) is 2.65. The fourth-order valence-electron chi connectivity index (χ4n) is 0.752. The molecule has 0 aliphatic rings. The Balaban J connectivity index is 3.66. The number of carbonyl (C=O) groups excluding carboxylic acids is 1. The van der Waals surface area contributed by atoms with Gasteiger partial charge >= 0.3 is 11.9 Å². The summed E-state index contributed by atoms with van der Waals surface area (Å²) >= 11 is 0. The number of carbonyl (C=O) groups is 2. The van der Waals surface area contributed by atoms with Crippen molar-refractivity contribution in [2.24, 2.45) is 0 Å². The van der Waals surface area contributed by atoms with Crippen molar-refractivity contribution in [3.8, 4) is 0 Å². The van der Waals surface area contributed by atoms with Gasteiger partial charge in [0.1, 0.15) is 0 Å². The quantitative estimate of drug-likeness (QED) is 0.488. The van der Waals surface area contributed by atoms with Crippen LogP contribution in [0.5, 0.6) is 0 Å². The molecule has 0 heterocycles. The molecule has 1 N–H and O–H groups in total. The molecule has 1 atom stereocenters. The first-order valence-corrected chi connectivity index (χ1v) is 4.21. The van der Waals surface area contributed by atoms with Gasteiger partial charge in [-0.1, -0.05) is 13.2 Å². The molecule has 0 saturated carbocycles. The predicted octanol–water partition coefficient (Wildman–Crippen LogP) is 0.760. The van der Waals surface area contributed by atoms with E-state index < -0.39 is 11.9 Å². The highest BCUT2D eigenvalue weighted by molar-refractivity contribution is 6.08. The summed E-state index contributed by atoms with van der Waals surface area (Å²) in [5.74, 6) is -1.50. The summed E-state index contributed by atoms with van der Waals surface area (Å²) in [6.45, 7) is 1.85. The highest BCUT2D eigenvalue weighted by Gasteiger charge is 2.11. The van der Waals surface area contributed by atoms with E-state index in [2.05, 4.69) is 0 Å². The Hall–Kier alpha value is -0.995. The normalized spacial score (nSPS) is 12.1. The molecule has 2 radical (unpaired) electrons. The van der Waals surface area contributed by atoms with Crippen LogP contribution in [-0.4, -0.2) is 31.0 Å². The molecule has 0 aliphatic heterocycles. The Labute approximate surface area is 78.7 Å². The van der Waals surface area contributed by atoms with Crippen LogP contribution in [0.25, 0.3) is 0 Å². The summed E-state index contributed by atoms with van der Waals surface area (Å²) in [7, 11) is 5.29. The van der Waals surface area contributed by atoms with Gasteiger partial charge in [-0.25, -0.2) is 0 Å². The zero-order chi connectivity index (χ0) is 10.3. The first-order chi connectivity index (χ1) is 6.10. The highest BCUT2D eigenvalue weighted by atomic mass is 16.5. The monoisotopic (exact) mass is 184 g/mol.